The maximum atomic E-state index is 7.20. The van der Waals surface area contributed by atoms with Gasteiger partial charge >= 0.3 is 0 Å². The van der Waals surface area contributed by atoms with Gasteiger partial charge in [0, 0.05) is 24.5 Å². The van der Waals surface area contributed by atoms with Crippen molar-refractivity contribution >= 4 is 23.2 Å². The molecular weight excluding hydrogens is 436 g/mol. The molecule has 3 aromatic carbocycles. The van der Waals surface area contributed by atoms with Crippen molar-refractivity contribution in [1.82, 2.24) is 5.32 Å². The van der Waals surface area contributed by atoms with Gasteiger partial charge in [-0.2, -0.15) is 0 Å². The van der Waals surface area contributed by atoms with E-state index in [4.69, 9.17) is 32.2 Å². The van der Waals surface area contributed by atoms with E-state index in [9.17, 15) is 0 Å². The van der Waals surface area contributed by atoms with E-state index in [1.165, 1.54) is 11.1 Å². The smallest absolute Gasteiger partial charge is 0.185 e. The molecule has 33 heavy (non-hydrogen) atoms. The maximum absolute atomic E-state index is 7.20. The number of hydrogen-bond donors (Lipinski definition) is 3. The van der Waals surface area contributed by atoms with Crippen LogP contribution in [0.5, 0.6) is 11.5 Å². The Bertz CT molecular complexity index is 1070. The Hall–Kier alpha value is -3.38. The molecule has 1 atom stereocenters. The zero-order valence-corrected chi connectivity index (χ0v) is 19.2. The Labute approximate surface area is 199 Å². The third-order valence-electron chi connectivity index (χ3n) is 5.55. The quantitative estimate of drug-likeness (QED) is 0.318. The van der Waals surface area contributed by atoms with Crippen molar-refractivity contribution in [3.63, 3.8) is 0 Å². The number of halogens is 1. The summed E-state index contributed by atoms with van der Waals surface area (Å²) in [5.74, 6) is 1.73. The Morgan fingerprint density at radius 3 is 2.70 bits per heavy atom. The third-order valence-corrected chi connectivity index (χ3v) is 5.78. The summed E-state index contributed by atoms with van der Waals surface area (Å²) in [5.41, 5.74) is 8.75. The van der Waals surface area contributed by atoms with Crippen molar-refractivity contribution in [2.45, 2.75) is 25.5 Å². The fourth-order valence-corrected chi connectivity index (χ4v) is 4.15. The van der Waals surface area contributed by atoms with E-state index in [1.54, 1.807) is 0 Å². The molecule has 4 rings (SSSR count). The minimum absolute atomic E-state index is 0.00589. The number of guanidine groups is 1. The van der Waals surface area contributed by atoms with Crippen LogP contribution in [-0.2, 0) is 13.0 Å². The minimum atomic E-state index is -0.00589. The van der Waals surface area contributed by atoms with Crippen molar-refractivity contribution in [1.29, 1.82) is 5.41 Å². The number of anilines is 1. The van der Waals surface area contributed by atoms with Crippen LogP contribution in [0.15, 0.2) is 72.8 Å². The largest absolute Gasteiger partial charge is 0.493 e. The van der Waals surface area contributed by atoms with E-state index in [0.717, 1.165) is 48.1 Å². The van der Waals surface area contributed by atoms with Gasteiger partial charge in [0.05, 0.1) is 18.8 Å². The molecule has 0 amide bonds. The fourth-order valence-electron chi connectivity index (χ4n) is 3.94. The zero-order valence-electron chi connectivity index (χ0n) is 18.5. The highest BCUT2D eigenvalue weighted by Gasteiger charge is 2.25. The zero-order chi connectivity index (χ0) is 23.0. The lowest BCUT2D eigenvalue weighted by Crippen LogP contribution is -2.40. The number of nitrogens with zero attached hydrogens (tertiary/aromatic N) is 1. The first kappa shape index (κ1) is 22.8. The van der Waals surface area contributed by atoms with Gasteiger partial charge in [-0.1, -0.05) is 48.0 Å². The fraction of sp³-hybridized carbons (Fsp3) is 0.269. The van der Waals surface area contributed by atoms with E-state index < -0.39 is 0 Å². The molecule has 1 aliphatic heterocycles. The van der Waals surface area contributed by atoms with Crippen LogP contribution in [0.4, 0.5) is 5.69 Å². The molecule has 1 heterocycles. The van der Waals surface area contributed by atoms with Gasteiger partial charge in [-0.15, -0.1) is 0 Å². The first-order valence-electron chi connectivity index (χ1n) is 11.1. The van der Waals surface area contributed by atoms with E-state index >= 15 is 0 Å². The van der Waals surface area contributed by atoms with Gasteiger partial charge in [0.1, 0.15) is 17.6 Å². The van der Waals surface area contributed by atoms with Crippen molar-refractivity contribution in [3.8, 4) is 11.5 Å². The highest BCUT2D eigenvalue weighted by Crippen LogP contribution is 2.35. The molecule has 4 N–H and O–H groups in total. The number of fused-ring (bicyclic) bond motifs is 1. The predicted molar refractivity (Wildman–Crippen MR) is 134 cm³/mol. The van der Waals surface area contributed by atoms with E-state index in [-0.39, 0.29) is 12.1 Å². The number of hydrogen-bond acceptors (Lipinski definition) is 4. The predicted octanol–water partition coefficient (Wildman–Crippen LogP) is 4.60. The van der Waals surface area contributed by atoms with Crippen molar-refractivity contribution in [2.75, 3.05) is 24.6 Å². The van der Waals surface area contributed by atoms with Gasteiger partial charge in [0.2, 0.25) is 0 Å². The number of para-hydroxylation sites is 2. The Morgan fingerprint density at radius 2 is 1.91 bits per heavy atom. The summed E-state index contributed by atoms with van der Waals surface area (Å²) in [6.07, 6.45) is 1.62. The van der Waals surface area contributed by atoms with Crippen molar-refractivity contribution < 1.29 is 9.47 Å². The number of nitrogens with one attached hydrogen (secondary N) is 2. The Morgan fingerprint density at radius 1 is 1.09 bits per heavy atom. The van der Waals surface area contributed by atoms with Gasteiger partial charge in [0.25, 0.3) is 0 Å². The monoisotopic (exact) mass is 464 g/mol. The second kappa shape index (κ2) is 11.0. The van der Waals surface area contributed by atoms with Gasteiger partial charge in [-0.3, -0.25) is 5.41 Å². The molecule has 0 bridgehead atoms. The highest BCUT2D eigenvalue weighted by molar-refractivity contribution is 6.30. The van der Waals surface area contributed by atoms with Crippen LogP contribution >= 0.6 is 11.6 Å². The normalized spacial score (nSPS) is 14.8. The molecule has 0 fully saturated rings. The molecule has 0 aliphatic carbocycles. The van der Waals surface area contributed by atoms with E-state index in [2.05, 4.69) is 22.3 Å². The summed E-state index contributed by atoms with van der Waals surface area (Å²) >= 11 is 6.19. The van der Waals surface area contributed by atoms with Crippen LogP contribution in [0.2, 0.25) is 5.02 Å². The molecule has 3 aromatic rings. The molecule has 172 valence electrons. The molecule has 0 saturated heterocycles. The molecule has 1 unspecified atom stereocenters. The van der Waals surface area contributed by atoms with Crippen LogP contribution in [0.3, 0.4) is 0 Å². The van der Waals surface area contributed by atoms with Crippen molar-refractivity contribution in [3.05, 3.63) is 88.9 Å². The van der Waals surface area contributed by atoms with E-state index in [1.807, 2.05) is 60.7 Å². The van der Waals surface area contributed by atoms with Gasteiger partial charge in [-0.05, 0) is 53.9 Å². The van der Waals surface area contributed by atoms with Crippen molar-refractivity contribution in [2.24, 2.45) is 5.73 Å². The molecule has 1 aliphatic rings. The number of rotatable bonds is 9. The molecule has 0 saturated carbocycles. The average molecular weight is 465 g/mol. The Kier molecular flexibility index (Phi) is 7.58. The van der Waals surface area contributed by atoms with Gasteiger partial charge < -0.3 is 25.4 Å². The molecule has 0 radical (unpaired) electrons. The van der Waals surface area contributed by atoms with Crippen LogP contribution in [0.1, 0.15) is 17.5 Å². The molecule has 6 nitrogen and oxygen atoms in total. The number of nitrogens with two attached hydrogens (primary N) is 1. The lowest BCUT2D eigenvalue weighted by molar-refractivity contribution is 0.155. The summed E-state index contributed by atoms with van der Waals surface area (Å²) < 4.78 is 12.2. The summed E-state index contributed by atoms with van der Waals surface area (Å²) in [6, 6.07) is 24.2. The lowest BCUT2D eigenvalue weighted by Gasteiger charge is -2.36. The lowest BCUT2D eigenvalue weighted by atomic mass is 10.1. The molecule has 0 aromatic heterocycles. The average Bonchev–Trinajstić information content (AvgIpc) is 2.80. The highest BCUT2D eigenvalue weighted by atomic mass is 35.5. The summed E-state index contributed by atoms with van der Waals surface area (Å²) in [7, 11) is 0. The second-order valence-electron chi connectivity index (χ2n) is 8.09. The second-order valence-corrected chi connectivity index (χ2v) is 8.53. The topological polar surface area (TPSA) is 83.6 Å². The summed E-state index contributed by atoms with van der Waals surface area (Å²) in [6.45, 7) is 2.78. The first-order chi connectivity index (χ1) is 16.1. The van der Waals surface area contributed by atoms with Crippen LogP contribution in [0, 0.1) is 5.41 Å². The maximum Gasteiger partial charge on any atom is 0.185 e. The minimum Gasteiger partial charge on any atom is -0.493 e. The Balaban J connectivity index is 1.31. The first-order valence-corrected chi connectivity index (χ1v) is 11.5. The number of ether oxygens (including phenoxy) is 2. The van der Waals surface area contributed by atoms with E-state index in [0.29, 0.717) is 13.2 Å². The van der Waals surface area contributed by atoms with Crippen LogP contribution in [0.25, 0.3) is 0 Å². The third kappa shape index (κ3) is 6.56. The van der Waals surface area contributed by atoms with Gasteiger partial charge in [0.15, 0.2) is 5.96 Å². The van der Waals surface area contributed by atoms with Crippen LogP contribution in [-0.4, -0.2) is 31.8 Å². The standard InChI is InChI=1S/C26H29ClN4O2/c27-21-5-3-4-20(16-21)17-31-18-23(33-25-7-2-1-6-24(25)31)13-15-32-22-10-8-19(9-11-22)12-14-30-26(28)29/h1-11,16,23H,12-15,17-18H2,(H4,28,29,30). The molecule has 0 spiro atoms. The number of benzene rings is 3. The SMILES string of the molecule is N=C(N)NCCc1ccc(OCCC2CN(Cc3cccc(Cl)c3)c3ccccc3O2)cc1. The van der Waals surface area contributed by atoms with Crippen LogP contribution < -0.4 is 25.4 Å². The summed E-state index contributed by atoms with van der Waals surface area (Å²) in [4.78, 5) is 2.35. The van der Waals surface area contributed by atoms with Gasteiger partial charge in [-0.25, -0.2) is 0 Å². The molecular formula is C26H29ClN4O2. The molecule has 7 heteroatoms. The summed E-state index contributed by atoms with van der Waals surface area (Å²) in [5, 5.41) is 10.8.